The molecule has 0 aliphatic rings. The number of aryl methyl sites for hydroxylation is 1. The third kappa shape index (κ3) is 2.06. The zero-order valence-corrected chi connectivity index (χ0v) is 11.0. The van der Waals surface area contributed by atoms with Crippen LogP contribution in [0.3, 0.4) is 0 Å². The second-order valence-corrected chi connectivity index (χ2v) is 5.47. The first-order valence-corrected chi connectivity index (χ1v) is 6.56. The molecule has 0 bridgehead atoms. The van der Waals surface area contributed by atoms with Gasteiger partial charge < -0.3 is 11.1 Å². The molecular formula is C13H12N4OS. The van der Waals surface area contributed by atoms with Gasteiger partial charge in [-0.15, -0.1) is 11.3 Å². The minimum atomic E-state index is -0.154. The molecule has 0 radical (unpaired) electrons. The van der Waals surface area contributed by atoms with Crippen molar-refractivity contribution in [3.63, 3.8) is 0 Å². The molecule has 0 fully saturated rings. The Kier molecular flexibility index (Phi) is 2.72. The van der Waals surface area contributed by atoms with Crippen LogP contribution in [-0.2, 0) is 0 Å². The van der Waals surface area contributed by atoms with E-state index in [0.717, 1.165) is 21.5 Å². The molecule has 0 aliphatic heterocycles. The predicted molar refractivity (Wildman–Crippen MR) is 77.5 cm³/mol. The van der Waals surface area contributed by atoms with Crippen LogP contribution in [-0.4, -0.2) is 16.1 Å². The Morgan fingerprint density at radius 2 is 2.32 bits per heavy atom. The van der Waals surface area contributed by atoms with Crippen LogP contribution in [0, 0.1) is 6.92 Å². The molecule has 2 heterocycles. The van der Waals surface area contributed by atoms with Crippen molar-refractivity contribution in [3.8, 4) is 0 Å². The first-order chi connectivity index (χ1) is 9.15. The molecule has 4 N–H and O–H groups in total. The van der Waals surface area contributed by atoms with Crippen LogP contribution < -0.4 is 11.1 Å². The van der Waals surface area contributed by atoms with E-state index in [4.69, 9.17) is 5.73 Å². The van der Waals surface area contributed by atoms with E-state index in [2.05, 4.69) is 15.5 Å². The van der Waals surface area contributed by atoms with E-state index in [1.165, 1.54) is 11.3 Å². The topological polar surface area (TPSA) is 83.8 Å². The molecule has 0 unspecified atom stereocenters. The SMILES string of the molecule is Cc1sc(C(=O)Nc2cccc3[nH]ncc23)cc1N. The minimum absolute atomic E-state index is 0.154. The standard InChI is InChI=1S/C13H12N4OS/c1-7-9(14)5-12(19-7)13(18)16-10-3-2-4-11-8(10)6-15-17-11/h2-6H,14H2,1H3,(H,15,17)(H,16,18). The van der Waals surface area contributed by atoms with Crippen LogP contribution in [0.1, 0.15) is 14.5 Å². The normalized spacial score (nSPS) is 10.8. The van der Waals surface area contributed by atoms with Crippen LogP contribution in [0.4, 0.5) is 11.4 Å². The Hall–Kier alpha value is -2.34. The van der Waals surface area contributed by atoms with E-state index in [1.54, 1.807) is 12.3 Å². The average molecular weight is 272 g/mol. The molecule has 96 valence electrons. The molecule has 0 spiro atoms. The number of amides is 1. The number of anilines is 2. The highest BCUT2D eigenvalue weighted by molar-refractivity contribution is 7.14. The quantitative estimate of drug-likeness (QED) is 0.670. The van der Waals surface area contributed by atoms with E-state index in [0.29, 0.717) is 10.6 Å². The number of rotatable bonds is 2. The second kappa shape index (κ2) is 4.40. The van der Waals surface area contributed by atoms with Crippen molar-refractivity contribution < 1.29 is 4.79 Å². The molecule has 1 aromatic carbocycles. The average Bonchev–Trinajstić information content (AvgIpc) is 2.98. The number of thiophene rings is 1. The molecule has 0 atom stereocenters. The van der Waals surface area contributed by atoms with E-state index in [-0.39, 0.29) is 5.91 Å². The van der Waals surface area contributed by atoms with Crippen LogP contribution in [0.5, 0.6) is 0 Å². The van der Waals surface area contributed by atoms with Crippen LogP contribution in [0.25, 0.3) is 10.9 Å². The zero-order valence-electron chi connectivity index (χ0n) is 10.2. The van der Waals surface area contributed by atoms with E-state index < -0.39 is 0 Å². The Morgan fingerprint density at radius 1 is 1.47 bits per heavy atom. The summed E-state index contributed by atoms with van der Waals surface area (Å²) in [5.41, 5.74) is 8.04. The minimum Gasteiger partial charge on any atom is -0.398 e. The van der Waals surface area contributed by atoms with E-state index >= 15 is 0 Å². The lowest BCUT2D eigenvalue weighted by molar-refractivity contribution is 0.103. The summed E-state index contributed by atoms with van der Waals surface area (Å²) in [4.78, 5) is 13.7. The lowest BCUT2D eigenvalue weighted by Crippen LogP contribution is -2.10. The number of nitrogens with two attached hydrogens (primary N) is 1. The van der Waals surface area contributed by atoms with Crippen molar-refractivity contribution in [2.45, 2.75) is 6.92 Å². The number of nitrogen functional groups attached to an aromatic ring is 1. The summed E-state index contributed by atoms with van der Waals surface area (Å²) in [6.07, 6.45) is 1.69. The number of aromatic nitrogens is 2. The summed E-state index contributed by atoms with van der Waals surface area (Å²) < 4.78 is 0. The van der Waals surface area contributed by atoms with Crippen molar-refractivity contribution in [1.82, 2.24) is 10.2 Å². The van der Waals surface area contributed by atoms with Crippen molar-refractivity contribution in [3.05, 3.63) is 40.2 Å². The van der Waals surface area contributed by atoms with Gasteiger partial charge in [0.15, 0.2) is 0 Å². The molecule has 0 saturated carbocycles. The maximum absolute atomic E-state index is 12.2. The molecule has 5 nitrogen and oxygen atoms in total. The van der Waals surface area contributed by atoms with Gasteiger partial charge in [0.2, 0.25) is 0 Å². The molecule has 0 saturated heterocycles. The summed E-state index contributed by atoms with van der Waals surface area (Å²) in [5, 5.41) is 10.6. The fourth-order valence-electron chi connectivity index (χ4n) is 1.87. The molecule has 3 rings (SSSR count). The van der Waals surface area contributed by atoms with Gasteiger partial charge in [0, 0.05) is 16.0 Å². The van der Waals surface area contributed by atoms with Crippen molar-refractivity contribution in [2.24, 2.45) is 0 Å². The molecule has 2 aromatic heterocycles. The number of H-pyrrole nitrogens is 1. The highest BCUT2D eigenvalue weighted by atomic mass is 32.1. The molecule has 3 aromatic rings. The van der Waals surface area contributed by atoms with Crippen molar-refractivity contribution in [1.29, 1.82) is 0 Å². The summed E-state index contributed by atoms with van der Waals surface area (Å²) in [7, 11) is 0. The number of aromatic amines is 1. The summed E-state index contributed by atoms with van der Waals surface area (Å²) in [5.74, 6) is -0.154. The van der Waals surface area contributed by atoms with E-state index in [9.17, 15) is 4.79 Å². The van der Waals surface area contributed by atoms with Crippen LogP contribution >= 0.6 is 11.3 Å². The lowest BCUT2D eigenvalue weighted by Gasteiger charge is -2.04. The largest absolute Gasteiger partial charge is 0.398 e. The second-order valence-electron chi connectivity index (χ2n) is 4.21. The monoisotopic (exact) mass is 272 g/mol. The molecule has 1 amide bonds. The molecule has 6 heteroatoms. The van der Waals surface area contributed by atoms with E-state index in [1.807, 2.05) is 25.1 Å². The number of fused-ring (bicyclic) bond motifs is 1. The van der Waals surface area contributed by atoms with Crippen LogP contribution in [0.15, 0.2) is 30.5 Å². The van der Waals surface area contributed by atoms with Gasteiger partial charge in [0.05, 0.1) is 22.3 Å². The summed E-state index contributed by atoms with van der Waals surface area (Å²) in [6.45, 7) is 1.90. The van der Waals surface area contributed by atoms with Gasteiger partial charge >= 0.3 is 0 Å². The maximum atomic E-state index is 12.2. The highest BCUT2D eigenvalue weighted by Crippen LogP contribution is 2.26. The number of hydrogen-bond donors (Lipinski definition) is 3. The van der Waals surface area contributed by atoms with Gasteiger partial charge in [-0.05, 0) is 25.1 Å². The number of carbonyl (C=O) groups is 1. The zero-order chi connectivity index (χ0) is 13.4. The van der Waals surface area contributed by atoms with Crippen molar-refractivity contribution in [2.75, 3.05) is 11.1 Å². The Balaban J connectivity index is 1.92. The lowest BCUT2D eigenvalue weighted by atomic mass is 10.2. The molecular weight excluding hydrogens is 260 g/mol. The van der Waals surface area contributed by atoms with Crippen molar-refractivity contribution >= 4 is 39.5 Å². The van der Waals surface area contributed by atoms with Gasteiger partial charge in [-0.2, -0.15) is 5.10 Å². The fraction of sp³-hybridized carbons (Fsp3) is 0.0769. The summed E-state index contributed by atoms with van der Waals surface area (Å²) in [6, 6.07) is 7.32. The number of hydrogen-bond acceptors (Lipinski definition) is 4. The van der Waals surface area contributed by atoms with Crippen LogP contribution in [0.2, 0.25) is 0 Å². The molecule has 0 aliphatic carbocycles. The van der Waals surface area contributed by atoms with Gasteiger partial charge in [-0.1, -0.05) is 6.07 Å². The van der Waals surface area contributed by atoms with Gasteiger partial charge in [0.25, 0.3) is 5.91 Å². The number of carbonyl (C=O) groups excluding carboxylic acids is 1. The molecule has 19 heavy (non-hydrogen) atoms. The summed E-state index contributed by atoms with van der Waals surface area (Å²) >= 11 is 1.39. The number of benzene rings is 1. The fourth-order valence-corrected chi connectivity index (χ4v) is 2.71. The van der Waals surface area contributed by atoms with Gasteiger partial charge in [-0.3, -0.25) is 9.89 Å². The third-order valence-corrected chi connectivity index (χ3v) is 3.98. The smallest absolute Gasteiger partial charge is 0.265 e. The number of nitrogens with zero attached hydrogens (tertiary/aromatic N) is 1. The Morgan fingerprint density at radius 3 is 3.05 bits per heavy atom. The Labute approximate surface area is 113 Å². The predicted octanol–water partition coefficient (Wildman–Crippen LogP) is 2.77. The third-order valence-electron chi connectivity index (χ3n) is 2.91. The highest BCUT2D eigenvalue weighted by Gasteiger charge is 2.12. The van der Waals surface area contributed by atoms with Gasteiger partial charge in [0.1, 0.15) is 0 Å². The van der Waals surface area contributed by atoms with Gasteiger partial charge in [-0.25, -0.2) is 0 Å². The first-order valence-electron chi connectivity index (χ1n) is 5.74. The number of nitrogens with one attached hydrogen (secondary N) is 2. The first kappa shape index (κ1) is 11.7. The maximum Gasteiger partial charge on any atom is 0.265 e. The Bertz CT molecular complexity index is 739.